The first kappa shape index (κ1) is 22.8. The van der Waals surface area contributed by atoms with Crippen molar-refractivity contribution in [2.24, 2.45) is 5.92 Å². The lowest BCUT2D eigenvalue weighted by atomic mass is 10.0. The molecule has 30 heavy (non-hydrogen) atoms. The highest BCUT2D eigenvalue weighted by Crippen LogP contribution is 2.13. The zero-order valence-corrected chi connectivity index (χ0v) is 17.1. The fourth-order valence-corrected chi connectivity index (χ4v) is 2.64. The smallest absolute Gasteiger partial charge is 0.328 e. The number of hydrogen-bond acceptors (Lipinski definition) is 4. The van der Waals surface area contributed by atoms with Crippen LogP contribution in [0.3, 0.4) is 0 Å². The largest absolute Gasteiger partial charge is 0.464 e. The highest BCUT2D eigenvalue weighted by atomic mass is 19.1. The Kier molecular flexibility index (Phi) is 8.29. The molecule has 0 aliphatic carbocycles. The van der Waals surface area contributed by atoms with Crippen LogP contribution in [0.2, 0.25) is 0 Å². The maximum Gasteiger partial charge on any atom is 0.328 e. The third-order valence-corrected chi connectivity index (χ3v) is 4.23. The van der Waals surface area contributed by atoms with Crippen LogP contribution >= 0.6 is 0 Å². The Labute approximate surface area is 175 Å². The number of esters is 1. The summed E-state index contributed by atoms with van der Waals surface area (Å²) in [5.41, 5.74) is 0.257. The molecule has 0 saturated heterocycles. The van der Waals surface area contributed by atoms with Crippen molar-refractivity contribution < 1.29 is 23.5 Å². The topological polar surface area (TPSA) is 84.5 Å². The lowest BCUT2D eigenvalue weighted by Gasteiger charge is -2.21. The second-order valence-corrected chi connectivity index (χ2v) is 6.85. The van der Waals surface area contributed by atoms with E-state index < -0.39 is 29.6 Å². The van der Waals surface area contributed by atoms with Gasteiger partial charge < -0.3 is 15.4 Å². The summed E-state index contributed by atoms with van der Waals surface area (Å²) in [5.74, 6) is -2.66. The number of carbonyl (C=O) groups excluding carboxylic acids is 3. The molecule has 2 aromatic rings. The molecule has 0 aliphatic heterocycles. The van der Waals surface area contributed by atoms with E-state index in [0.29, 0.717) is 5.56 Å². The molecule has 0 heterocycles. The molecule has 158 valence electrons. The lowest BCUT2D eigenvalue weighted by Crippen LogP contribution is -2.47. The van der Waals surface area contributed by atoms with E-state index >= 15 is 0 Å². The zero-order valence-electron chi connectivity index (χ0n) is 17.1. The van der Waals surface area contributed by atoms with Crippen LogP contribution in [-0.4, -0.2) is 30.4 Å². The number of nitrogens with one attached hydrogen (secondary N) is 2. The van der Waals surface area contributed by atoms with Crippen molar-refractivity contribution in [1.29, 1.82) is 0 Å². The highest BCUT2D eigenvalue weighted by molar-refractivity contribution is 6.06. The van der Waals surface area contributed by atoms with E-state index in [4.69, 9.17) is 4.74 Å². The summed E-state index contributed by atoms with van der Waals surface area (Å²) in [7, 11) is 0. The fraction of sp³-hybridized carbons (Fsp3) is 0.261. The standard InChI is InChI=1S/C23H25FN2O4/c1-4-30-23(29)20(15(2)3)26-22(28)19(14-17-12-8-9-13-18(17)24)25-21(27)16-10-6-5-7-11-16/h5-15,20H,4H2,1-3H3,(H,25,27)(H,26,28)/b19-14-/t20-/m1/s1. The van der Waals surface area contributed by atoms with Gasteiger partial charge in [0.25, 0.3) is 11.8 Å². The quantitative estimate of drug-likeness (QED) is 0.515. The first-order valence-electron chi connectivity index (χ1n) is 9.63. The number of ether oxygens (including phenoxy) is 1. The molecule has 1 atom stereocenters. The third kappa shape index (κ3) is 6.27. The molecule has 0 unspecified atom stereocenters. The molecule has 0 radical (unpaired) electrons. The number of amides is 2. The van der Waals surface area contributed by atoms with Crippen LogP contribution in [0.1, 0.15) is 36.7 Å². The second kappa shape index (κ2) is 10.9. The van der Waals surface area contributed by atoms with Crippen molar-refractivity contribution in [2.75, 3.05) is 6.61 Å². The molecule has 0 bridgehead atoms. The van der Waals surface area contributed by atoms with Gasteiger partial charge in [-0.25, -0.2) is 9.18 Å². The van der Waals surface area contributed by atoms with Gasteiger partial charge in [0.05, 0.1) is 6.61 Å². The first-order valence-corrected chi connectivity index (χ1v) is 9.63. The van der Waals surface area contributed by atoms with Crippen LogP contribution in [0.25, 0.3) is 6.08 Å². The van der Waals surface area contributed by atoms with E-state index in [1.807, 2.05) is 0 Å². The van der Waals surface area contributed by atoms with E-state index in [2.05, 4.69) is 10.6 Å². The number of halogens is 1. The normalized spacial score (nSPS) is 12.2. The van der Waals surface area contributed by atoms with Crippen LogP contribution in [0.5, 0.6) is 0 Å². The van der Waals surface area contributed by atoms with Crippen molar-refractivity contribution in [1.82, 2.24) is 10.6 Å². The van der Waals surface area contributed by atoms with Gasteiger partial charge in [-0.2, -0.15) is 0 Å². The van der Waals surface area contributed by atoms with E-state index in [9.17, 15) is 18.8 Å². The number of carbonyl (C=O) groups is 3. The van der Waals surface area contributed by atoms with Gasteiger partial charge in [0.2, 0.25) is 0 Å². The van der Waals surface area contributed by atoms with Crippen molar-refractivity contribution in [3.63, 3.8) is 0 Å². The number of hydrogen-bond donors (Lipinski definition) is 2. The van der Waals surface area contributed by atoms with Crippen LogP contribution in [0, 0.1) is 11.7 Å². The molecule has 2 amide bonds. The SMILES string of the molecule is CCOC(=O)[C@H](NC(=O)/C(=C/c1ccccc1F)NC(=O)c1ccccc1)C(C)C. The minimum Gasteiger partial charge on any atom is -0.464 e. The zero-order chi connectivity index (χ0) is 22.1. The summed E-state index contributed by atoms with van der Waals surface area (Å²) in [6, 6.07) is 13.2. The van der Waals surface area contributed by atoms with Gasteiger partial charge in [-0.3, -0.25) is 9.59 Å². The van der Waals surface area contributed by atoms with Crippen LogP contribution < -0.4 is 10.6 Å². The highest BCUT2D eigenvalue weighted by Gasteiger charge is 2.27. The summed E-state index contributed by atoms with van der Waals surface area (Å²) in [6.45, 7) is 5.34. The molecule has 0 saturated carbocycles. The van der Waals surface area contributed by atoms with Crippen LogP contribution in [-0.2, 0) is 14.3 Å². The molecule has 0 fully saturated rings. The fourth-order valence-electron chi connectivity index (χ4n) is 2.64. The van der Waals surface area contributed by atoms with Crippen molar-refractivity contribution >= 4 is 23.9 Å². The Morgan fingerprint density at radius 2 is 1.67 bits per heavy atom. The Hall–Kier alpha value is -3.48. The van der Waals surface area contributed by atoms with Gasteiger partial charge in [-0.05, 0) is 37.1 Å². The van der Waals surface area contributed by atoms with Crippen molar-refractivity contribution in [3.05, 3.63) is 77.2 Å². The van der Waals surface area contributed by atoms with Crippen LogP contribution in [0.15, 0.2) is 60.3 Å². The molecular weight excluding hydrogens is 387 g/mol. The van der Waals surface area contributed by atoms with Gasteiger partial charge >= 0.3 is 5.97 Å². The summed E-state index contributed by atoms with van der Waals surface area (Å²) in [6.07, 6.45) is 1.23. The monoisotopic (exact) mass is 412 g/mol. The molecule has 2 rings (SSSR count). The Morgan fingerprint density at radius 3 is 2.27 bits per heavy atom. The summed E-state index contributed by atoms with van der Waals surface area (Å²) >= 11 is 0. The molecule has 7 heteroatoms. The predicted molar refractivity (Wildman–Crippen MR) is 112 cm³/mol. The summed E-state index contributed by atoms with van der Waals surface area (Å²) in [5, 5.41) is 5.09. The molecule has 0 aliphatic rings. The summed E-state index contributed by atoms with van der Waals surface area (Å²) < 4.78 is 19.1. The second-order valence-electron chi connectivity index (χ2n) is 6.85. The summed E-state index contributed by atoms with van der Waals surface area (Å²) in [4.78, 5) is 37.7. The molecular formula is C23H25FN2O4. The minimum atomic E-state index is -0.921. The van der Waals surface area contributed by atoms with Gasteiger partial charge in [0.15, 0.2) is 0 Å². The molecule has 0 aromatic heterocycles. The van der Waals surface area contributed by atoms with E-state index in [-0.39, 0.29) is 23.8 Å². The van der Waals surface area contributed by atoms with Crippen molar-refractivity contribution in [3.8, 4) is 0 Å². The molecule has 2 aromatic carbocycles. The number of rotatable bonds is 8. The average Bonchev–Trinajstić information content (AvgIpc) is 2.73. The van der Waals surface area contributed by atoms with Gasteiger partial charge in [-0.1, -0.05) is 50.2 Å². The Bertz CT molecular complexity index is 926. The third-order valence-electron chi connectivity index (χ3n) is 4.23. The first-order chi connectivity index (χ1) is 14.3. The predicted octanol–water partition coefficient (Wildman–Crippen LogP) is 3.30. The maximum absolute atomic E-state index is 14.1. The van der Waals surface area contributed by atoms with Gasteiger partial charge in [0.1, 0.15) is 17.6 Å². The minimum absolute atomic E-state index is 0.119. The maximum atomic E-state index is 14.1. The molecule has 2 N–H and O–H groups in total. The Morgan fingerprint density at radius 1 is 1.03 bits per heavy atom. The van der Waals surface area contributed by atoms with E-state index in [0.717, 1.165) is 0 Å². The number of benzene rings is 2. The van der Waals surface area contributed by atoms with E-state index in [1.165, 1.54) is 24.3 Å². The van der Waals surface area contributed by atoms with E-state index in [1.54, 1.807) is 57.2 Å². The van der Waals surface area contributed by atoms with Crippen molar-refractivity contribution in [2.45, 2.75) is 26.8 Å². The molecule has 0 spiro atoms. The van der Waals surface area contributed by atoms with Gasteiger partial charge in [-0.15, -0.1) is 0 Å². The lowest BCUT2D eigenvalue weighted by molar-refractivity contribution is -0.148. The van der Waals surface area contributed by atoms with Gasteiger partial charge in [0, 0.05) is 11.1 Å². The average molecular weight is 412 g/mol. The van der Waals surface area contributed by atoms with Crippen LogP contribution in [0.4, 0.5) is 4.39 Å². The Balaban J connectivity index is 2.34. The molecule has 6 nitrogen and oxygen atoms in total.